The molecule has 1 aliphatic rings. The molecule has 3 rings (SSSR count). The maximum absolute atomic E-state index is 12.0. The molecule has 0 aliphatic heterocycles. The molecule has 0 bridgehead atoms. The first-order valence-electron chi connectivity index (χ1n) is 8.48. The molecule has 2 N–H and O–H groups in total. The molecule has 2 aromatic carbocycles. The van der Waals surface area contributed by atoms with Gasteiger partial charge in [-0.25, -0.2) is 4.79 Å². The minimum Gasteiger partial charge on any atom is -0.484 e. The maximum atomic E-state index is 12.0. The Kier molecular flexibility index (Phi) is 5.33. The van der Waals surface area contributed by atoms with Crippen LogP contribution in [0.1, 0.15) is 47.5 Å². The number of ether oxygens (including phenoxy) is 1. The lowest BCUT2D eigenvalue weighted by molar-refractivity contribution is -0.118. The van der Waals surface area contributed by atoms with Crippen LogP contribution in [-0.2, 0) is 4.79 Å². The molecule has 1 amide bonds. The highest BCUT2D eigenvalue weighted by atomic mass is 16.5. The largest absolute Gasteiger partial charge is 0.484 e. The Labute approximate surface area is 146 Å². The predicted octanol–water partition coefficient (Wildman–Crippen LogP) is 4.06. The molecular formula is C20H21NO4. The summed E-state index contributed by atoms with van der Waals surface area (Å²) in [7, 11) is 0. The summed E-state index contributed by atoms with van der Waals surface area (Å²) in [6.07, 6.45) is 5.09. The van der Waals surface area contributed by atoms with Gasteiger partial charge in [-0.1, -0.05) is 31.0 Å². The topological polar surface area (TPSA) is 75.6 Å². The zero-order valence-corrected chi connectivity index (χ0v) is 13.9. The zero-order chi connectivity index (χ0) is 17.6. The molecule has 2 aromatic rings. The van der Waals surface area contributed by atoms with Gasteiger partial charge >= 0.3 is 5.97 Å². The minimum absolute atomic E-state index is 0.125. The number of carboxylic acids is 1. The van der Waals surface area contributed by atoms with Crippen LogP contribution in [0, 0.1) is 0 Å². The van der Waals surface area contributed by atoms with E-state index in [1.165, 1.54) is 43.4 Å². The molecule has 5 heteroatoms. The van der Waals surface area contributed by atoms with Crippen LogP contribution in [0.5, 0.6) is 5.75 Å². The van der Waals surface area contributed by atoms with Crippen LogP contribution in [0.2, 0.25) is 0 Å². The number of anilines is 1. The van der Waals surface area contributed by atoms with Gasteiger partial charge in [0.1, 0.15) is 5.75 Å². The van der Waals surface area contributed by atoms with E-state index in [1.807, 2.05) is 12.1 Å². The van der Waals surface area contributed by atoms with Crippen LogP contribution in [0.3, 0.4) is 0 Å². The summed E-state index contributed by atoms with van der Waals surface area (Å²) in [6.45, 7) is -0.125. The van der Waals surface area contributed by atoms with Crippen LogP contribution >= 0.6 is 0 Å². The van der Waals surface area contributed by atoms with Crippen molar-refractivity contribution in [2.75, 3.05) is 11.9 Å². The lowest BCUT2D eigenvalue weighted by atomic mass is 9.98. The summed E-state index contributed by atoms with van der Waals surface area (Å²) >= 11 is 0. The number of carboxylic acid groups (broad SMARTS) is 1. The van der Waals surface area contributed by atoms with Crippen LogP contribution in [0.25, 0.3) is 0 Å². The third-order valence-corrected chi connectivity index (χ3v) is 4.47. The van der Waals surface area contributed by atoms with Gasteiger partial charge in [-0.3, -0.25) is 4.79 Å². The second kappa shape index (κ2) is 7.83. The number of amides is 1. The van der Waals surface area contributed by atoms with E-state index in [4.69, 9.17) is 9.84 Å². The van der Waals surface area contributed by atoms with E-state index in [0.29, 0.717) is 17.4 Å². The number of benzene rings is 2. The first-order valence-corrected chi connectivity index (χ1v) is 8.48. The summed E-state index contributed by atoms with van der Waals surface area (Å²) in [5.74, 6) is -0.0628. The average molecular weight is 339 g/mol. The van der Waals surface area contributed by atoms with E-state index in [-0.39, 0.29) is 18.1 Å². The minimum atomic E-state index is -1.03. The van der Waals surface area contributed by atoms with E-state index in [2.05, 4.69) is 17.4 Å². The summed E-state index contributed by atoms with van der Waals surface area (Å²) in [4.78, 5) is 22.9. The van der Waals surface area contributed by atoms with Crippen molar-refractivity contribution < 1.29 is 19.4 Å². The Morgan fingerprint density at radius 2 is 1.80 bits per heavy atom. The molecule has 0 aromatic heterocycles. The van der Waals surface area contributed by atoms with Gasteiger partial charge in [-0.15, -0.1) is 0 Å². The highest BCUT2D eigenvalue weighted by Gasteiger charge is 2.16. The molecule has 5 nitrogen and oxygen atoms in total. The van der Waals surface area contributed by atoms with Gasteiger partial charge in [-0.05, 0) is 54.7 Å². The molecule has 1 saturated carbocycles. The fourth-order valence-electron chi connectivity index (χ4n) is 3.17. The maximum Gasteiger partial charge on any atom is 0.335 e. The van der Waals surface area contributed by atoms with Gasteiger partial charge in [0.05, 0.1) is 5.56 Å². The summed E-state index contributed by atoms with van der Waals surface area (Å²) in [6, 6.07) is 14.0. The van der Waals surface area contributed by atoms with Crippen molar-refractivity contribution in [1.29, 1.82) is 0 Å². The summed E-state index contributed by atoms with van der Waals surface area (Å²) in [5, 5.41) is 11.6. The lowest BCUT2D eigenvalue weighted by Gasteiger charge is -2.11. The SMILES string of the molecule is O=C(COc1ccc(C2CCCC2)cc1)Nc1cccc(C(=O)O)c1. The number of rotatable bonds is 6. The van der Waals surface area contributed by atoms with Crippen molar-refractivity contribution in [3.05, 3.63) is 59.7 Å². The van der Waals surface area contributed by atoms with Crippen molar-refractivity contribution in [2.45, 2.75) is 31.6 Å². The third-order valence-electron chi connectivity index (χ3n) is 4.47. The Morgan fingerprint density at radius 3 is 2.48 bits per heavy atom. The third kappa shape index (κ3) is 4.59. The van der Waals surface area contributed by atoms with Gasteiger partial charge < -0.3 is 15.2 Å². The van der Waals surface area contributed by atoms with Crippen LogP contribution < -0.4 is 10.1 Å². The standard InChI is InChI=1S/C20H21NO4/c22-19(21-17-7-3-6-16(12-17)20(23)24)13-25-18-10-8-15(9-11-18)14-4-1-2-5-14/h3,6-12,14H,1-2,4-5,13H2,(H,21,22)(H,23,24). The molecule has 0 saturated heterocycles. The first-order chi connectivity index (χ1) is 12.1. The van der Waals surface area contributed by atoms with Crippen molar-refractivity contribution in [1.82, 2.24) is 0 Å². The first kappa shape index (κ1) is 17.0. The van der Waals surface area contributed by atoms with Crippen LogP contribution in [-0.4, -0.2) is 23.6 Å². The fourth-order valence-corrected chi connectivity index (χ4v) is 3.17. The lowest BCUT2D eigenvalue weighted by Crippen LogP contribution is -2.20. The van der Waals surface area contributed by atoms with Crippen molar-refractivity contribution in [3.8, 4) is 5.75 Å². The summed E-state index contributed by atoms with van der Waals surface area (Å²) in [5.41, 5.74) is 1.89. The molecule has 0 atom stereocenters. The van der Waals surface area contributed by atoms with Crippen molar-refractivity contribution in [2.24, 2.45) is 0 Å². The number of nitrogens with one attached hydrogen (secondary N) is 1. The molecule has 1 aliphatic carbocycles. The number of aromatic carboxylic acids is 1. The van der Waals surface area contributed by atoms with Gasteiger partial charge in [-0.2, -0.15) is 0 Å². The average Bonchev–Trinajstić information content (AvgIpc) is 3.15. The molecule has 0 heterocycles. The molecule has 130 valence electrons. The van der Waals surface area contributed by atoms with E-state index >= 15 is 0 Å². The predicted molar refractivity (Wildman–Crippen MR) is 95.2 cm³/mol. The van der Waals surface area contributed by atoms with Crippen molar-refractivity contribution in [3.63, 3.8) is 0 Å². The highest BCUT2D eigenvalue weighted by Crippen LogP contribution is 2.34. The monoisotopic (exact) mass is 339 g/mol. The van der Waals surface area contributed by atoms with E-state index < -0.39 is 5.97 Å². The van der Waals surface area contributed by atoms with E-state index in [0.717, 1.165) is 0 Å². The van der Waals surface area contributed by atoms with Crippen LogP contribution in [0.15, 0.2) is 48.5 Å². The second-order valence-electron chi connectivity index (χ2n) is 6.27. The van der Waals surface area contributed by atoms with Gasteiger partial charge in [0.15, 0.2) is 6.61 Å². The van der Waals surface area contributed by atoms with E-state index in [9.17, 15) is 9.59 Å². The number of hydrogen-bond donors (Lipinski definition) is 2. The zero-order valence-electron chi connectivity index (χ0n) is 13.9. The highest BCUT2D eigenvalue weighted by molar-refractivity contribution is 5.94. The molecular weight excluding hydrogens is 318 g/mol. The quantitative estimate of drug-likeness (QED) is 0.832. The fraction of sp³-hybridized carbons (Fsp3) is 0.300. The van der Waals surface area contributed by atoms with Crippen molar-refractivity contribution >= 4 is 17.6 Å². The Morgan fingerprint density at radius 1 is 1.08 bits per heavy atom. The number of hydrogen-bond acceptors (Lipinski definition) is 3. The van der Waals surface area contributed by atoms with Gasteiger partial charge in [0.25, 0.3) is 5.91 Å². The Balaban J connectivity index is 1.52. The Hall–Kier alpha value is -2.82. The molecule has 1 fully saturated rings. The molecule has 0 spiro atoms. The molecule has 0 radical (unpaired) electrons. The smallest absolute Gasteiger partial charge is 0.335 e. The van der Waals surface area contributed by atoms with Gasteiger partial charge in [0.2, 0.25) is 0 Å². The van der Waals surface area contributed by atoms with Gasteiger partial charge in [0, 0.05) is 5.69 Å². The van der Waals surface area contributed by atoms with E-state index in [1.54, 1.807) is 12.1 Å². The number of carbonyl (C=O) groups is 2. The second-order valence-corrected chi connectivity index (χ2v) is 6.27. The normalized spacial score (nSPS) is 14.2. The summed E-state index contributed by atoms with van der Waals surface area (Å²) < 4.78 is 5.51. The molecule has 25 heavy (non-hydrogen) atoms. The number of carbonyl (C=O) groups excluding carboxylic acids is 1. The Bertz CT molecular complexity index is 749. The molecule has 0 unspecified atom stereocenters. The van der Waals surface area contributed by atoms with Crippen LogP contribution in [0.4, 0.5) is 5.69 Å².